The van der Waals surface area contributed by atoms with Crippen LogP contribution in [0.1, 0.15) is 40.6 Å². The molecule has 0 saturated carbocycles. The number of carbonyl (C=O) groups excluding carboxylic acids is 1. The Morgan fingerprint density at radius 3 is 3.00 bits per heavy atom. The minimum Gasteiger partial charge on any atom is -0.350 e. The summed E-state index contributed by atoms with van der Waals surface area (Å²) in [6, 6.07) is 0.445. The Balaban J connectivity index is 1.77. The molecule has 3 rings (SSSR count). The molecule has 0 unspecified atom stereocenters. The van der Waals surface area contributed by atoms with Gasteiger partial charge in [0.05, 0.1) is 5.56 Å². The lowest BCUT2D eigenvalue weighted by atomic mass is 10.1. The first-order chi connectivity index (χ1) is 11.1. The zero-order valence-electron chi connectivity index (χ0n) is 13.7. The number of tetrazole rings is 1. The summed E-state index contributed by atoms with van der Waals surface area (Å²) in [6.45, 7) is 9.01. The average molecular weight is 334 g/mol. The number of hydrogen-bond acceptors (Lipinski definition) is 6. The highest BCUT2D eigenvalue weighted by atomic mass is 32.1. The first-order valence-corrected chi connectivity index (χ1v) is 8.79. The monoisotopic (exact) mass is 334 g/mol. The first kappa shape index (κ1) is 16.1. The quantitative estimate of drug-likeness (QED) is 0.898. The van der Waals surface area contributed by atoms with Crippen LogP contribution in [0, 0.1) is 13.8 Å². The van der Waals surface area contributed by atoms with E-state index in [2.05, 4.69) is 32.7 Å². The number of nitrogens with zero attached hydrogens (tertiary/aromatic N) is 5. The van der Waals surface area contributed by atoms with Gasteiger partial charge in [0.1, 0.15) is 11.3 Å². The fourth-order valence-electron chi connectivity index (χ4n) is 3.13. The molecular formula is C15H22N6OS. The molecule has 1 fully saturated rings. The van der Waals surface area contributed by atoms with Crippen molar-refractivity contribution in [3.05, 3.63) is 22.3 Å². The van der Waals surface area contributed by atoms with Gasteiger partial charge >= 0.3 is 0 Å². The lowest BCUT2D eigenvalue weighted by Gasteiger charge is -2.23. The van der Waals surface area contributed by atoms with E-state index in [1.165, 1.54) is 24.1 Å². The number of thiophene rings is 1. The van der Waals surface area contributed by atoms with Crippen LogP contribution in [0.25, 0.3) is 5.00 Å². The van der Waals surface area contributed by atoms with E-state index in [1.807, 2.05) is 13.8 Å². The topological polar surface area (TPSA) is 75.9 Å². The second-order valence-electron chi connectivity index (χ2n) is 5.85. The number of aryl methyl sites for hydroxylation is 1. The van der Waals surface area contributed by atoms with Crippen molar-refractivity contribution in [1.82, 2.24) is 30.4 Å². The van der Waals surface area contributed by atoms with Gasteiger partial charge in [-0.15, -0.1) is 16.4 Å². The van der Waals surface area contributed by atoms with Gasteiger partial charge in [-0.3, -0.25) is 9.69 Å². The van der Waals surface area contributed by atoms with Crippen molar-refractivity contribution >= 4 is 17.2 Å². The van der Waals surface area contributed by atoms with Crippen LogP contribution < -0.4 is 5.32 Å². The van der Waals surface area contributed by atoms with Crippen molar-refractivity contribution in [1.29, 1.82) is 0 Å². The third kappa shape index (κ3) is 3.13. The number of nitrogens with one attached hydrogen (secondary N) is 1. The van der Waals surface area contributed by atoms with E-state index in [0.29, 0.717) is 18.2 Å². The molecule has 1 aliphatic rings. The van der Waals surface area contributed by atoms with Crippen LogP contribution in [-0.2, 0) is 0 Å². The highest BCUT2D eigenvalue weighted by molar-refractivity contribution is 7.15. The number of aromatic nitrogens is 4. The molecule has 1 N–H and O–H groups in total. The SMILES string of the molecule is CCN1CCC[C@@H]1CNC(=O)c1c(-n2cnnn2)sc(C)c1C. The molecule has 0 radical (unpaired) electrons. The number of hydrogen-bond donors (Lipinski definition) is 1. The van der Waals surface area contributed by atoms with Crippen LogP contribution >= 0.6 is 11.3 Å². The largest absolute Gasteiger partial charge is 0.350 e. The van der Waals surface area contributed by atoms with Crippen LogP contribution in [-0.4, -0.2) is 56.7 Å². The number of likely N-dealkylation sites (N-methyl/N-ethyl adjacent to an activating group) is 1. The number of likely N-dealkylation sites (tertiary alicyclic amines) is 1. The molecule has 3 heterocycles. The molecule has 8 heteroatoms. The second-order valence-corrected chi connectivity index (χ2v) is 7.06. The Bertz CT molecular complexity index is 680. The standard InChI is InChI=1S/C15H22N6OS/c1-4-20-7-5-6-12(20)8-16-14(22)13-10(2)11(3)23-15(13)21-9-17-18-19-21/h9,12H,4-8H2,1-3H3,(H,16,22)/t12-/m1/s1. The normalized spacial score (nSPS) is 18.5. The average Bonchev–Trinajstić information content (AvgIpc) is 3.26. The predicted molar refractivity (Wildman–Crippen MR) is 89.1 cm³/mol. The van der Waals surface area contributed by atoms with E-state index in [-0.39, 0.29) is 5.91 Å². The minimum absolute atomic E-state index is 0.0414. The van der Waals surface area contributed by atoms with E-state index in [4.69, 9.17) is 0 Å². The van der Waals surface area contributed by atoms with E-state index < -0.39 is 0 Å². The highest BCUT2D eigenvalue weighted by Crippen LogP contribution is 2.30. The van der Waals surface area contributed by atoms with Gasteiger partial charge in [0.2, 0.25) is 0 Å². The number of rotatable bonds is 5. The van der Waals surface area contributed by atoms with Crippen LogP contribution in [0.5, 0.6) is 0 Å². The summed E-state index contributed by atoms with van der Waals surface area (Å²) in [5.41, 5.74) is 1.68. The van der Waals surface area contributed by atoms with Crippen molar-refractivity contribution in [2.75, 3.05) is 19.6 Å². The third-order valence-electron chi connectivity index (χ3n) is 4.55. The third-order valence-corrected chi connectivity index (χ3v) is 5.75. The van der Waals surface area contributed by atoms with Gasteiger partial charge in [-0.05, 0) is 55.8 Å². The molecule has 0 bridgehead atoms. The summed E-state index contributed by atoms with van der Waals surface area (Å²) in [6.07, 6.45) is 3.88. The van der Waals surface area contributed by atoms with E-state index in [1.54, 1.807) is 4.68 Å². The van der Waals surface area contributed by atoms with Gasteiger partial charge < -0.3 is 5.32 Å². The van der Waals surface area contributed by atoms with E-state index in [0.717, 1.165) is 35.0 Å². The summed E-state index contributed by atoms with van der Waals surface area (Å²) >= 11 is 1.54. The predicted octanol–water partition coefficient (Wildman–Crippen LogP) is 1.55. The minimum atomic E-state index is -0.0414. The Kier molecular flexibility index (Phi) is 4.72. The maximum absolute atomic E-state index is 12.7. The molecule has 1 saturated heterocycles. The van der Waals surface area contributed by atoms with E-state index >= 15 is 0 Å². The van der Waals surface area contributed by atoms with Gasteiger partial charge in [-0.2, -0.15) is 4.68 Å². The molecule has 2 aromatic heterocycles. The molecule has 1 amide bonds. The molecule has 124 valence electrons. The van der Waals surface area contributed by atoms with Crippen molar-refractivity contribution in [3.8, 4) is 5.00 Å². The van der Waals surface area contributed by atoms with Crippen LogP contribution in [0.3, 0.4) is 0 Å². The van der Waals surface area contributed by atoms with Gasteiger partial charge in [0.25, 0.3) is 5.91 Å². The first-order valence-electron chi connectivity index (χ1n) is 7.97. The van der Waals surface area contributed by atoms with Crippen molar-refractivity contribution in [3.63, 3.8) is 0 Å². The van der Waals surface area contributed by atoms with Crippen molar-refractivity contribution in [2.45, 2.75) is 39.7 Å². The number of carbonyl (C=O) groups is 1. The molecule has 7 nitrogen and oxygen atoms in total. The van der Waals surface area contributed by atoms with Crippen LogP contribution in [0.15, 0.2) is 6.33 Å². The van der Waals surface area contributed by atoms with Crippen molar-refractivity contribution in [2.24, 2.45) is 0 Å². The van der Waals surface area contributed by atoms with Crippen molar-refractivity contribution < 1.29 is 4.79 Å². The summed E-state index contributed by atoms with van der Waals surface area (Å²) < 4.78 is 1.56. The maximum Gasteiger partial charge on any atom is 0.254 e. The summed E-state index contributed by atoms with van der Waals surface area (Å²) in [7, 11) is 0. The fraction of sp³-hybridized carbons (Fsp3) is 0.600. The molecule has 1 atom stereocenters. The van der Waals surface area contributed by atoms with Gasteiger partial charge in [-0.25, -0.2) is 0 Å². The molecule has 0 spiro atoms. The summed E-state index contributed by atoms with van der Waals surface area (Å²) in [4.78, 5) is 16.3. The summed E-state index contributed by atoms with van der Waals surface area (Å²) in [5.74, 6) is -0.0414. The zero-order chi connectivity index (χ0) is 16.4. The molecular weight excluding hydrogens is 312 g/mol. The zero-order valence-corrected chi connectivity index (χ0v) is 14.6. The van der Waals surface area contributed by atoms with Crippen LogP contribution in [0.2, 0.25) is 0 Å². The maximum atomic E-state index is 12.7. The second kappa shape index (κ2) is 6.76. The molecule has 2 aromatic rings. The lowest BCUT2D eigenvalue weighted by molar-refractivity contribution is 0.0941. The fourth-order valence-corrected chi connectivity index (χ4v) is 4.20. The smallest absolute Gasteiger partial charge is 0.254 e. The molecule has 1 aliphatic heterocycles. The summed E-state index contributed by atoms with van der Waals surface area (Å²) in [5, 5.41) is 15.1. The highest BCUT2D eigenvalue weighted by Gasteiger charge is 2.26. The lowest BCUT2D eigenvalue weighted by Crippen LogP contribution is -2.40. The molecule has 0 aliphatic carbocycles. The number of amides is 1. The molecule has 0 aromatic carbocycles. The Morgan fingerprint density at radius 1 is 1.48 bits per heavy atom. The van der Waals surface area contributed by atoms with Gasteiger partial charge in [0.15, 0.2) is 0 Å². The van der Waals surface area contributed by atoms with Gasteiger partial charge in [-0.1, -0.05) is 6.92 Å². The Morgan fingerprint density at radius 2 is 2.30 bits per heavy atom. The van der Waals surface area contributed by atoms with Crippen LogP contribution in [0.4, 0.5) is 0 Å². The Labute approximate surface area is 139 Å². The van der Waals surface area contributed by atoms with E-state index in [9.17, 15) is 4.79 Å². The Hall–Kier alpha value is -1.80. The molecule has 23 heavy (non-hydrogen) atoms. The van der Waals surface area contributed by atoms with Gasteiger partial charge in [0, 0.05) is 17.5 Å².